The summed E-state index contributed by atoms with van der Waals surface area (Å²) in [5.74, 6) is 0.549. The molecule has 1 aromatic carbocycles. The third-order valence-electron chi connectivity index (χ3n) is 3.89. The molecule has 0 bridgehead atoms. The highest BCUT2D eigenvalue weighted by molar-refractivity contribution is 7.91. The van der Waals surface area contributed by atoms with Crippen molar-refractivity contribution in [3.05, 3.63) is 42.0 Å². The van der Waals surface area contributed by atoms with Gasteiger partial charge in [0, 0.05) is 24.4 Å². The van der Waals surface area contributed by atoms with Gasteiger partial charge >= 0.3 is 0 Å². The van der Waals surface area contributed by atoms with Crippen LogP contribution in [0.1, 0.15) is 18.0 Å². The van der Waals surface area contributed by atoms with Crippen molar-refractivity contribution in [1.29, 1.82) is 0 Å². The molecule has 1 saturated heterocycles. The fraction of sp³-hybridized carbons (Fsp3) is 0.400. The molecule has 23 heavy (non-hydrogen) atoms. The lowest BCUT2D eigenvalue weighted by Crippen LogP contribution is -2.11. The number of hydrogen-bond donors (Lipinski definition) is 1. The highest BCUT2D eigenvalue weighted by atomic mass is 32.2. The Morgan fingerprint density at radius 2 is 2.30 bits per heavy atom. The van der Waals surface area contributed by atoms with Crippen LogP contribution in [0.2, 0.25) is 0 Å². The molecule has 2 heterocycles. The number of nitrogens with zero attached hydrogens (tertiary/aromatic N) is 2. The van der Waals surface area contributed by atoms with Gasteiger partial charge in [-0.2, -0.15) is 5.10 Å². The van der Waals surface area contributed by atoms with Crippen LogP contribution in [0.4, 0.5) is 10.1 Å². The molecule has 1 N–H and O–H groups in total. The molecule has 0 radical (unpaired) electrons. The van der Waals surface area contributed by atoms with E-state index in [0.717, 1.165) is 5.56 Å². The summed E-state index contributed by atoms with van der Waals surface area (Å²) in [7, 11) is -1.42. The Kier molecular flexibility index (Phi) is 4.25. The van der Waals surface area contributed by atoms with Crippen molar-refractivity contribution in [1.82, 2.24) is 9.78 Å². The molecule has 6 nitrogen and oxygen atoms in total. The number of anilines is 1. The summed E-state index contributed by atoms with van der Waals surface area (Å²) in [6.07, 6.45) is 4.05. The summed E-state index contributed by atoms with van der Waals surface area (Å²) in [5.41, 5.74) is 1.21. The van der Waals surface area contributed by atoms with Crippen molar-refractivity contribution in [3.63, 3.8) is 0 Å². The molecule has 2 aromatic rings. The molecule has 124 valence electrons. The van der Waals surface area contributed by atoms with Gasteiger partial charge in [-0.1, -0.05) is 0 Å². The maximum absolute atomic E-state index is 13.7. The highest BCUT2D eigenvalue weighted by Gasteiger charge is 2.29. The van der Waals surface area contributed by atoms with Gasteiger partial charge in [0.1, 0.15) is 11.6 Å². The Labute approximate surface area is 134 Å². The molecule has 3 rings (SSSR count). The third kappa shape index (κ3) is 3.64. The Balaban J connectivity index is 1.66. The number of benzene rings is 1. The van der Waals surface area contributed by atoms with Crippen molar-refractivity contribution in [2.45, 2.75) is 19.0 Å². The number of sulfone groups is 1. The summed E-state index contributed by atoms with van der Waals surface area (Å²) >= 11 is 0. The average molecular weight is 339 g/mol. The highest BCUT2D eigenvalue weighted by Crippen LogP contribution is 2.24. The number of rotatable bonds is 5. The molecule has 0 saturated carbocycles. The number of halogens is 1. The zero-order chi connectivity index (χ0) is 16.4. The Morgan fingerprint density at radius 1 is 1.48 bits per heavy atom. The lowest BCUT2D eigenvalue weighted by molar-refractivity contribution is 0.414. The van der Waals surface area contributed by atoms with Crippen LogP contribution in [-0.2, 0) is 16.4 Å². The van der Waals surface area contributed by atoms with Crippen LogP contribution in [0.25, 0.3) is 0 Å². The predicted octanol–water partition coefficient (Wildman–Crippen LogP) is 2.00. The minimum Gasteiger partial charge on any atom is -0.497 e. The van der Waals surface area contributed by atoms with Crippen molar-refractivity contribution in [3.8, 4) is 5.75 Å². The van der Waals surface area contributed by atoms with Gasteiger partial charge in [-0.15, -0.1) is 0 Å². The molecular weight excluding hydrogens is 321 g/mol. The largest absolute Gasteiger partial charge is 0.497 e. The Hall–Kier alpha value is -2.09. The lowest BCUT2D eigenvalue weighted by Gasteiger charge is -2.09. The topological polar surface area (TPSA) is 73.2 Å². The standard InChI is InChI=1S/C15H18FN3O3S/c1-22-13-2-3-14(16)15(6-13)17-7-11-8-18-19(9-11)12-4-5-23(20,21)10-12/h2-3,6,8-9,12,17H,4-5,7,10H2,1H3/t12-/m1/s1. The minimum atomic E-state index is -2.94. The number of methoxy groups -OCH3 is 1. The molecule has 1 atom stereocenters. The van der Waals surface area contributed by atoms with E-state index in [1.54, 1.807) is 29.2 Å². The summed E-state index contributed by atoms with van der Waals surface area (Å²) in [6.45, 7) is 0.392. The summed E-state index contributed by atoms with van der Waals surface area (Å²) in [4.78, 5) is 0. The molecule has 0 unspecified atom stereocenters. The first-order valence-corrected chi connectivity index (χ1v) is 9.10. The van der Waals surface area contributed by atoms with Gasteiger partial charge in [0.2, 0.25) is 0 Å². The summed E-state index contributed by atoms with van der Waals surface area (Å²) in [5, 5.41) is 7.22. The zero-order valence-corrected chi connectivity index (χ0v) is 13.5. The van der Waals surface area contributed by atoms with E-state index in [1.807, 2.05) is 0 Å². The maximum atomic E-state index is 13.7. The number of nitrogens with one attached hydrogen (secondary N) is 1. The first-order valence-electron chi connectivity index (χ1n) is 7.28. The molecule has 1 aliphatic heterocycles. The van der Waals surface area contributed by atoms with Crippen molar-refractivity contribution in [2.24, 2.45) is 0 Å². The van der Waals surface area contributed by atoms with E-state index in [-0.39, 0.29) is 23.4 Å². The Morgan fingerprint density at radius 3 is 3.00 bits per heavy atom. The van der Waals surface area contributed by atoms with E-state index in [1.165, 1.54) is 13.2 Å². The van der Waals surface area contributed by atoms with E-state index in [0.29, 0.717) is 24.4 Å². The van der Waals surface area contributed by atoms with Crippen molar-refractivity contribution in [2.75, 3.05) is 23.9 Å². The van der Waals surface area contributed by atoms with Crippen LogP contribution < -0.4 is 10.1 Å². The fourth-order valence-electron chi connectivity index (χ4n) is 2.62. The van der Waals surface area contributed by atoms with Crippen molar-refractivity contribution < 1.29 is 17.5 Å². The normalized spacial score (nSPS) is 19.7. The molecule has 1 fully saturated rings. The predicted molar refractivity (Wildman–Crippen MR) is 84.8 cm³/mol. The monoisotopic (exact) mass is 339 g/mol. The van der Waals surface area contributed by atoms with Gasteiger partial charge in [0.15, 0.2) is 9.84 Å². The second-order valence-corrected chi connectivity index (χ2v) is 7.81. The van der Waals surface area contributed by atoms with E-state index in [2.05, 4.69) is 10.4 Å². The first kappa shape index (κ1) is 15.8. The van der Waals surface area contributed by atoms with Gasteiger partial charge in [0.25, 0.3) is 0 Å². The van der Waals surface area contributed by atoms with Crippen LogP contribution in [0.15, 0.2) is 30.6 Å². The first-order chi connectivity index (χ1) is 11.0. The van der Waals surface area contributed by atoms with Crippen molar-refractivity contribution >= 4 is 15.5 Å². The molecule has 0 aliphatic carbocycles. The summed E-state index contributed by atoms with van der Waals surface area (Å²) in [6, 6.07) is 4.37. The van der Waals surface area contributed by atoms with E-state index >= 15 is 0 Å². The second kappa shape index (κ2) is 6.19. The zero-order valence-electron chi connectivity index (χ0n) is 12.7. The van der Waals surface area contributed by atoms with E-state index in [4.69, 9.17) is 4.74 Å². The maximum Gasteiger partial charge on any atom is 0.152 e. The van der Waals surface area contributed by atoms with Gasteiger partial charge in [-0.05, 0) is 18.6 Å². The van der Waals surface area contributed by atoms with Crippen LogP contribution >= 0.6 is 0 Å². The third-order valence-corrected chi connectivity index (χ3v) is 5.64. The van der Waals surface area contributed by atoms with Gasteiger partial charge in [0.05, 0.1) is 36.5 Å². The Bertz CT molecular complexity index is 804. The molecule has 0 amide bonds. The van der Waals surface area contributed by atoms with Gasteiger partial charge < -0.3 is 10.1 Å². The molecular formula is C15H18FN3O3S. The number of ether oxygens (including phenoxy) is 1. The molecule has 0 spiro atoms. The summed E-state index contributed by atoms with van der Waals surface area (Å²) < 4.78 is 43.5. The van der Waals surface area contributed by atoms with E-state index < -0.39 is 9.84 Å². The SMILES string of the molecule is COc1ccc(F)c(NCc2cnn([C@@H]3CCS(=O)(=O)C3)c2)c1. The fourth-order valence-corrected chi connectivity index (χ4v) is 4.32. The van der Waals surface area contributed by atoms with Crippen LogP contribution in [0, 0.1) is 5.82 Å². The second-order valence-electron chi connectivity index (χ2n) is 5.58. The van der Waals surface area contributed by atoms with Crippen LogP contribution in [0.5, 0.6) is 5.75 Å². The van der Waals surface area contributed by atoms with Gasteiger partial charge in [-0.3, -0.25) is 4.68 Å². The smallest absolute Gasteiger partial charge is 0.152 e. The van der Waals surface area contributed by atoms with Crippen LogP contribution in [0.3, 0.4) is 0 Å². The number of hydrogen-bond acceptors (Lipinski definition) is 5. The number of aromatic nitrogens is 2. The van der Waals surface area contributed by atoms with Crippen LogP contribution in [-0.4, -0.2) is 36.8 Å². The average Bonchev–Trinajstić information content (AvgIpc) is 3.12. The minimum absolute atomic E-state index is 0.109. The van der Waals surface area contributed by atoms with Gasteiger partial charge in [-0.25, -0.2) is 12.8 Å². The quantitative estimate of drug-likeness (QED) is 0.902. The molecule has 8 heteroatoms. The molecule has 1 aliphatic rings. The lowest BCUT2D eigenvalue weighted by atomic mass is 10.2. The molecule has 1 aromatic heterocycles. The van der Waals surface area contributed by atoms with E-state index in [9.17, 15) is 12.8 Å².